The van der Waals surface area contributed by atoms with E-state index in [0.29, 0.717) is 37.7 Å². The van der Waals surface area contributed by atoms with Crippen LogP contribution in [0.5, 0.6) is 0 Å². The van der Waals surface area contributed by atoms with Gasteiger partial charge in [0.1, 0.15) is 17.7 Å². The van der Waals surface area contributed by atoms with E-state index < -0.39 is 0 Å². The molecule has 29 heavy (non-hydrogen) atoms. The number of benzene rings is 1. The molecule has 3 heterocycles. The third-order valence-corrected chi connectivity index (χ3v) is 5.02. The van der Waals surface area contributed by atoms with Gasteiger partial charge in [0.05, 0.1) is 19.3 Å². The van der Waals surface area contributed by atoms with Crippen molar-refractivity contribution in [2.75, 3.05) is 25.0 Å². The Morgan fingerprint density at radius 3 is 2.76 bits per heavy atom. The standard InChI is InChI=1S/C20H23FN6O2/c1-2-29-20(28)26-9-7-16(8-10-26)24-19-25-17-11-22-13-23-18(17)27(19)12-14-3-5-15(21)6-4-14/h3-6,11,13,16H,2,7-10,12H2,1H3,(H,24,25). The number of carbonyl (C=O) groups excluding carboxylic acids is 1. The molecule has 1 aromatic carbocycles. The van der Waals surface area contributed by atoms with Crippen molar-refractivity contribution in [1.82, 2.24) is 24.4 Å². The van der Waals surface area contributed by atoms with Crippen LogP contribution < -0.4 is 5.32 Å². The molecule has 1 fully saturated rings. The number of rotatable bonds is 5. The molecule has 0 saturated carbocycles. The molecule has 1 amide bonds. The monoisotopic (exact) mass is 398 g/mol. The van der Waals surface area contributed by atoms with Crippen LogP contribution in [-0.4, -0.2) is 56.3 Å². The van der Waals surface area contributed by atoms with E-state index in [1.165, 1.54) is 18.5 Å². The number of aromatic nitrogens is 4. The molecule has 1 aliphatic heterocycles. The highest BCUT2D eigenvalue weighted by molar-refractivity contribution is 5.73. The molecular formula is C20H23FN6O2. The van der Waals surface area contributed by atoms with Crippen molar-refractivity contribution in [3.05, 3.63) is 48.2 Å². The molecule has 0 atom stereocenters. The molecule has 152 valence electrons. The smallest absolute Gasteiger partial charge is 0.409 e. The Hall–Kier alpha value is -3.23. The molecule has 8 nitrogen and oxygen atoms in total. The molecule has 1 saturated heterocycles. The molecule has 4 rings (SSSR count). The Morgan fingerprint density at radius 1 is 1.28 bits per heavy atom. The largest absolute Gasteiger partial charge is 0.450 e. The van der Waals surface area contributed by atoms with E-state index in [9.17, 15) is 9.18 Å². The van der Waals surface area contributed by atoms with Gasteiger partial charge in [0.25, 0.3) is 0 Å². The lowest BCUT2D eigenvalue weighted by molar-refractivity contribution is 0.0983. The fourth-order valence-corrected chi connectivity index (χ4v) is 3.51. The first kappa shape index (κ1) is 19.1. The topological polar surface area (TPSA) is 85.2 Å². The van der Waals surface area contributed by atoms with Crippen LogP contribution in [0.25, 0.3) is 11.2 Å². The van der Waals surface area contributed by atoms with Crippen molar-refractivity contribution in [1.29, 1.82) is 0 Å². The van der Waals surface area contributed by atoms with Crippen molar-refractivity contribution in [3.63, 3.8) is 0 Å². The SMILES string of the molecule is CCOC(=O)N1CCC(Nc2nc3cncnc3n2Cc2ccc(F)cc2)CC1. The van der Waals surface area contributed by atoms with Gasteiger partial charge in [-0.2, -0.15) is 0 Å². The van der Waals surface area contributed by atoms with Crippen LogP contribution in [0.4, 0.5) is 15.1 Å². The molecule has 0 spiro atoms. The van der Waals surface area contributed by atoms with E-state index in [4.69, 9.17) is 4.74 Å². The minimum atomic E-state index is -0.265. The Bertz CT molecular complexity index is 982. The fraction of sp³-hybridized carbons (Fsp3) is 0.400. The van der Waals surface area contributed by atoms with E-state index in [0.717, 1.165) is 24.1 Å². The van der Waals surface area contributed by atoms with Gasteiger partial charge < -0.3 is 15.0 Å². The Kier molecular flexibility index (Phi) is 5.55. The summed E-state index contributed by atoms with van der Waals surface area (Å²) in [5, 5.41) is 3.49. The van der Waals surface area contributed by atoms with Gasteiger partial charge in [-0.3, -0.25) is 4.57 Å². The number of hydrogen-bond donors (Lipinski definition) is 1. The van der Waals surface area contributed by atoms with Gasteiger partial charge in [-0.15, -0.1) is 0 Å². The Labute approximate surface area is 167 Å². The average Bonchev–Trinajstić information content (AvgIpc) is 3.07. The second kappa shape index (κ2) is 8.42. The van der Waals surface area contributed by atoms with Gasteiger partial charge in [-0.1, -0.05) is 12.1 Å². The number of amides is 1. The Balaban J connectivity index is 1.51. The van der Waals surface area contributed by atoms with Gasteiger partial charge in [-0.05, 0) is 37.5 Å². The van der Waals surface area contributed by atoms with Crippen LogP contribution in [0.3, 0.4) is 0 Å². The van der Waals surface area contributed by atoms with Gasteiger partial charge in [0.15, 0.2) is 5.65 Å². The van der Waals surface area contributed by atoms with Crippen LogP contribution in [0.1, 0.15) is 25.3 Å². The van der Waals surface area contributed by atoms with E-state index in [2.05, 4.69) is 20.3 Å². The summed E-state index contributed by atoms with van der Waals surface area (Å²) in [6.45, 7) is 3.97. The number of nitrogens with zero attached hydrogens (tertiary/aromatic N) is 5. The van der Waals surface area contributed by atoms with Crippen molar-refractivity contribution in [2.24, 2.45) is 0 Å². The third-order valence-electron chi connectivity index (χ3n) is 5.02. The van der Waals surface area contributed by atoms with Gasteiger partial charge >= 0.3 is 6.09 Å². The number of anilines is 1. The van der Waals surface area contributed by atoms with Crippen molar-refractivity contribution in [2.45, 2.75) is 32.4 Å². The molecule has 0 radical (unpaired) electrons. The second-order valence-electron chi connectivity index (χ2n) is 6.98. The van der Waals surface area contributed by atoms with Crippen LogP contribution in [0, 0.1) is 5.82 Å². The van der Waals surface area contributed by atoms with Crippen molar-refractivity contribution < 1.29 is 13.9 Å². The van der Waals surface area contributed by atoms with Crippen LogP contribution in [-0.2, 0) is 11.3 Å². The van der Waals surface area contributed by atoms with Gasteiger partial charge in [0.2, 0.25) is 5.95 Å². The number of likely N-dealkylation sites (tertiary alicyclic amines) is 1. The van der Waals surface area contributed by atoms with Gasteiger partial charge in [0, 0.05) is 19.1 Å². The van der Waals surface area contributed by atoms with Crippen LogP contribution in [0.15, 0.2) is 36.8 Å². The molecule has 3 aromatic rings. The molecule has 0 aliphatic carbocycles. The predicted octanol–water partition coefficient (Wildman–Crippen LogP) is 3.05. The summed E-state index contributed by atoms with van der Waals surface area (Å²) < 4.78 is 20.3. The lowest BCUT2D eigenvalue weighted by Crippen LogP contribution is -2.42. The molecule has 1 N–H and O–H groups in total. The number of hydrogen-bond acceptors (Lipinski definition) is 6. The first-order valence-electron chi connectivity index (χ1n) is 9.73. The lowest BCUT2D eigenvalue weighted by atomic mass is 10.1. The van der Waals surface area contributed by atoms with E-state index >= 15 is 0 Å². The maximum absolute atomic E-state index is 13.3. The normalized spacial score (nSPS) is 14.9. The number of halogens is 1. The predicted molar refractivity (Wildman–Crippen MR) is 106 cm³/mol. The zero-order valence-electron chi connectivity index (χ0n) is 16.2. The molecular weight excluding hydrogens is 375 g/mol. The minimum absolute atomic E-state index is 0.178. The summed E-state index contributed by atoms with van der Waals surface area (Å²) in [6, 6.07) is 6.58. The summed E-state index contributed by atoms with van der Waals surface area (Å²) in [5.74, 6) is 0.428. The summed E-state index contributed by atoms with van der Waals surface area (Å²) in [6.07, 6.45) is 4.50. The summed E-state index contributed by atoms with van der Waals surface area (Å²) in [4.78, 5) is 26.7. The molecule has 0 unspecified atom stereocenters. The first-order valence-corrected chi connectivity index (χ1v) is 9.73. The number of nitrogens with one attached hydrogen (secondary N) is 1. The molecule has 0 bridgehead atoms. The number of imidazole rings is 1. The summed E-state index contributed by atoms with van der Waals surface area (Å²) in [7, 11) is 0. The highest BCUT2D eigenvalue weighted by Gasteiger charge is 2.25. The number of ether oxygens (including phenoxy) is 1. The zero-order valence-corrected chi connectivity index (χ0v) is 16.2. The van der Waals surface area contributed by atoms with E-state index in [-0.39, 0.29) is 18.0 Å². The highest BCUT2D eigenvalue weighted by atomic mass is 19.1. The summed E-state index contributed by atoms with van der Waals surface area (Å²) in [5.41, 5.74) is 2.36. The molecule has 2 aromatic heterocycles. The van der Waals surface area contributed by atoms with Crippen LogP contribution in [0.2, 0.25) is 0 Å². The number of carbonyl (C=O) groups is 1. The Morgan fingerprint density at radius 2 is 2.03 bits per heavy atom. The maximum atomic E-state index is 13.3. The summed E-state index contributed by atoms with van der Waals surface area (Å²) >= 11 is 0. The lowest BCUT2D eigenvalue weighted by Gasteiger charge is -2.31. The zero-order chi connectivity index (χ0) is 20.2. The van der Waals surface area contributed by atoms with E-state index in [1.54, 1.807) is 30.2 Å². The van der Waals surface area contributed by atoms with E-state index in [1.807, 2.05) is 4.57 Å². The minimum Gasteiger partial charge on any atom is -0.450 e. The third kappa shape index (κ3) is 4.28. The number of fused-ring (bicyclic) bond motifs is 1. The second-order valence-corrected chi connectivity index (χ2v) is 6.98. The fourth-order valence-electron chi connectivity index (χ4n) is 3.51. The van der Waals surface area contributed by atoms with Crippen LogP contribution >= 0.6 is 0 Å². The van der Waals surface area contributed by atoms with Crippen molar-refractivity contribution >= 4 is 23.2 Å². The highest BCUT2D eigenvalue weighted by Crippen LogP contribution is 2.22. The quantitative estimate of drug-likeness (QED) is 0.711. The maximum Gasteiger partial charge on any atom is 0.409 e. The van der Waals surface area contributed by atoms with Crippen molar-refractivity contribution in [3.8, 4) is 0 Å². The average molecular weight is 398 g/mol. The van der Waals surface area contributed by atoms with Gasteiger partial charge in [-0.25, -0.2) is 24.1 Å². The molecule has 1 aliphatic rings. The number of piperidine rings is 1. The molecule has 9 heteroatoms. The first-order chi connectivity index (χ1) is 14.1.